The molecule has 2 aliphatic rings. The normalized spacial score (nSPS) is 25.4. The molecule has 1 aliphatic heterocycles. The zero-order valence-electron chi connectivity index (χ0n) is 18.6. The lowest BCUT2D eigenvalue weighted by atomic mass is 9.64. The van der Waals surface area contributed by atoms with Gasteiger partial charge in [-0.05, 0) is 69.0 Å². The molecule has 1 fully saturated rings. The van der Waals surface area contributed by atoms with Crippen molar-refractivity contribution >= 4 is 35.2 Å². The van der Waals surface area contributed by atoms with Crippen molar-refractivity contribution in [3.05, 3.63) is 81.4 Å². The standard InChI is InChI=1S/C26H27Cl2NO3/c1-15-13-20-21(14-29(24(20)30)25(31)32-26(2,3)4)23(17-7-11-19(28)12-8-17)22(15)16-5-9-18(27)10-6-16/h5-13,20-23H,14H2,1-4H3/t20-,21-,22-,23-/m1/s1. The number of imide groups is 1. The predicted octanol–water partition coefficient (Wildman–Crippen LogP) is 6.83. The molecule has 0 bridgehead atoms. The van der Waals surface area contributed by atoms with E-state index in [4.69, 9.17) is 27.9 Å². The number of allylic oxidation sites excluding steroid dienone is 1. The van der Waals surface area contributed by atoms with E-state index >= 15 is 0 Å². The van der Waals surface area contributed by atoms with Gasteiger partial charge >= 0.3 is 6.09 Å². The van der Waals surface area contributed by atoms with Gasteiger partial charge in [-0.3, -0.25) is 4.79 Å². The lowest BCUT2D eigenvalue weighted by Crippen LogP contribution is -2.38. The topological polar surface area (TPSA) is 46.6 Å². The van der Waals surface area contributed by atoms with Gasteiger partial charge in [-0.1, -0.05) is 59.1 Å². The molecule has 0 spiro atoms. The zero-order valence-corrected chi connectivity index (χ0v) is 20.2. The van der Waals surface area contributed by atoms with Crippen molar-refractivity contribution < 1.29 is 14.3 Å². The number of rotatable bonds is 2. The highest BCUT2D eigenvalue weighted by Crippen LogP contribution is 2.52. The number of halogens is 2. The summed E-state index contributed by atoms with van der Waals surface area (Å²) in [6.45, 7) is 7.78. The molecule has 0 N–H and O–H groups in total. The molecule has 32 heavy (non-hydrogen) atoms. The molecule has 4 nitrogen and oxygen atoms in total. The number of benzene rings is 2. The number of hydrogen-bond donors (Lipinski definition) is 0. The second-order valence-electron chi connectivity index (χ2n) is 9.64. The summed E-state index contributed by atoms with van der Waals surface area (Å²) in [6.07, 6.45) is 1.45. The zero-order chi connectivity index (χ0) is 23.2. The number of ether oxygens (including phenoxy) is 1. The summed E-state index contributed by atoms with van der Waals surface area (Å²) in [6, 6.07) is 15.6. The van der Waals surface area contributed by atoms with E-state index in [1.807, 2.05) is 54.6 Å². The molecule has 6 heteroatoms. The summed E-state index contributed by atoms with van der Waals surface area (Å²) in [4.78, 5) is 27.4. The van der Waals surface area contributed by atoms with Gasteiger partial charge in [0.2, 0.25) is 5.91 Å². The molecule has 0 unspecified atom stereocenters. The van der Waals surface area contributed by atoms with Crippen LogP contribution in [-0.2, 0) is 9.53 Å². The van der Waals surface area contributed by atoms with Gasteiger partial charge in [-0.2, -0.15) is 0 Å². The number of carbonyl (C=O) groups is 2. The molecule has 0 radical (unpaired) electrons. The maximum Gasteiger partial charge on any atom is 0.417 e. The van der Waals surface area contributed by atoms with Crippen LogP contribution in [0.25, 0.3) is 0 Å². The van der Waals surface area contributed by atoms with Gasteiger partial charge in [-0.15, -0.1) is 0 Å². The van der Waals surface area contributed by atoms with Gasteiger partial charge in [-0.25, -0.2) is 9.69 Å². The number of carbonyl (C=O) groups excluding carboxylic acids is 2. The average Bonchev–Trinajstić information content (AvgIpc) is 3.04. The van der Waals surface area contributed by atoms with E-state index in [0.29, 0.717) is 16.6 Å². The van der Waals surface area contributed by atoms with Crippen LogP contribution in [0, 0.1) is 11.8 Å². The number of nitrogens with zero attached hydrogens (tertiary/aromatic N) is 1. The third kappa shape index (κ3) is 4.44. The maximum absolute atomic E-state index is 13.3. The second kappa shape index (κ2) is 8.57. The van der Waals surface area contributed by atoms with Crippen LogP contribution in [0.5, 0.6) is 0 Å². The van der Waals surface area contributed by atoms with Gasteiger partial charge in [0.15, 0.2) is 0 Å². The highest BCUT2D eigenvalue weighted by molar-refractivity contribution is 6.30. The minimum atomic E-state index is -0.668. The Hall–Kier alpha value is -2.30. The number of amides is 2. The van der Waals surface area contributed by atoms with Crippen molar-refractivity contribution in [3.8, 4) is 0 Å². The van der Waals surface area contributed by atoms with E-state index in [9.17, 15) is 9.59 Å². The first-order valence-electron chi connectivity index (χ1n) is 10.8. The fourth-order valence-corrected chi connectivity index (χ4v) is 5.23. The van der Waals surface area contributed by atoms with Crippen molar-refractivity contribution in [2.75, 3.05) is 6.54 Å². The van der Waals surface area contributed by atoms with E-state index in [1.54, 1.807) is 20.8 Å². The average molecular weight is 472 g/mol. The van der Waals surface area contributed by atoms with Crippen LogP contribution in [0.1, 0.15) is 50.7 Å². The van der Waals surface area contributed by atoms with Gasteiger partial charge in [0.25, 0.3) is 0 Å². The van der Waals surface area contributed by atoms with Crippen molar-refractivity contribution in [2.45, 2.75) is 45.1 Å². The molecule has 4 rings (SSSR count). The van der Waals surface area contributed by atoms with Crippen LogP contribution < -0.4 is 0 Å². The van der Waals surface area contributed by atoms with Crippen LogP contribution in [0.4, 0.5) is 4.79 Å². The van der Waals surface area contributed by atoms with Gasteiger partial charge in [0, 0.05) is 28.4 Å². The van der Waals surface area contributed by atoms with E-state index in [-0.39, 0.29) is 29.6 Å². The van der Waals surface area contributed by atoms with Crippen molar-refractivity contribution in [3.63, 3.8) is 0 Å². The van der Waals surface area contributed by atoms with Crippen LogP contribution in [0.2, 0.25) is 10.0 Å². The molecule has 1 heterocycles. The van der Waals surface area contributed by atoms with E-state index in [1.165, 1.54) is 4.90 Å². The van der Waals surface area contributed by atoms with Crippen LogP contribution in [0.15, 0.2) is 60.2 Å². The van der Waals surface area contributed by atoms with Crippen molar-refractivity contribution in [2.24, 2.45) is 11.8 Å². The second-order valence-corrected chi connectivity index (χ2v) is 10.5. The van der Waals surface area contributed by atoms with Gasteiger partial charge < -0.3 is 4.74 Å². The lowest BCUT2D eigenvalue weighted by molar-refractivity contribution is -0.129. The van der Waals surface area contributed by atoms with Crippen molar-refractivity contribution in [1.82, 2.24) is 4.90 Å². The number of fused-ring (bicyclic) bond motifs is 1. The molecule has 4 atom stereocenters. The lowest BCUT2D eigenvalue weighted by Gasteiger charge is -2.39. The van der Waals surface area contributed by atoms with Crippen LogP contribution in [0.3, 0.4) is 0 Å². The van der Waals surface area contributed by atoms with Gasteiger partial charge in [0.1, 0.15) is 5.60 Å². The maximum atomic E-state index is 13.3. The summed E-state index contributed by atoms with van der Waals surface area (Å²) in [5.74, 6) is -0.578. The quantitative estimate of drug-likeness (QED) is 0.450. The first-order chi connectivity index (χ1) is 15.0. The van der Waals surface area contributed by atoms with E-state index in [2.05, 4.69) is 6.92 Å². The number of hydrogen-bond acceptors (Lipinski definition) is 3. The minimum absolute atomic E-state index is 0.000158. The molecule has 1 aliphatic carbocycles. The largest absolute Gasteiger partial charge is 0.443 e. The molecular formula is C26H27Cl2NO3. The Kier molecular flexibility index (Phi) is 6.12. The Labute approximate surface area is 199 Å². The monoisotopic (exact) mass is 471 g/mol. The van der Waals surface area contributed by atoms with Crippen LogP contribution >= 0.6 is 23.2 Å². The van der Waals surface area contributed by atoms with Crippen molar-refractivity contribution in [1.29, 1.82) is 0 Å². The predicted molar refractivity (Wildman–Crippen MR) is 127 cm³/mol. The summed E-state index contributed by atoms with van der Waals surface area (Å²) in [5, 5.41) is 1.34. The Balaban J connectivity index is 1.77. The summed E-state index contributed by atoms with van der Waals surface area (Å²) in [7, 11) is 0. The van der Waals surface area contributed by atoms with E-state index in [0.717, 1.165) is 16.7 Å². The van der Waals surface area contributed by atoms with Gasteiger partial charge in [0.05, 0.1) is 5.92 Å². The summed E-state index contributed by atoms with van der Waals surface area (Å²) >= 11 is 12.3. The highest BCUT2D eigenvalue weighted by atomic mass is 35.5. The first-order valence-corrected chi connectivity index (χ1v) is 11.5. The first kappa shape index (κ1) is 22.9. The molecular weight excluding hydrogens is 445 g/mol. The van der Waals surface area contributed by atoms with E-state index < -0.39 is 11.7 Å². The highest BCUT2D eigenvalue weighted by Gasteiger charge is 2.51. The molecule has 2 aromatic carbocycles. The molecule has 0 saturated carbocycles. The minimum Gasteiger partial charge on any atom is -0.443 e. The molecule has 1 saturated heterocycles. The Morgan fingerprint density at radius 3 is 2.03 bits per heavy atom. The molecule has 2 aromatic rings. The summed E-state index contributed by atoms with van der Waals surface area (Å²) in [5.41, 5.74) is 2.66. The third-order valence-electron chi connectivity index (χ3n) is 6.26. The van der Waals surface area contributed by atoms with Crippen LogP contribution in [-0.4, -0.2) is 29.0 Å². The Morgan fingerprint density at radius 2 is 1.50 bits per heavy atom. The summed E-state index contributed by atoms with van der Waals surface area (Å²) < 4.78 is 5.52. The fourth-order valence-electron chi connectivity index (χ4n) is 4.97. The molecule has 168 valence electrons. The third-order valence-corrected chi connectivity index (χ3v) is 6.76. The Bertz CT molecular complexity index is 1050. The smallest absolute Gasteiger partial charge is 0.417 e. The Morgan fingerprint density at radius 1 is 0.969 bits per heavy atom. The number of likely N-dealkylation sites (tertiary alicyclic amines) is 1. The molecule has 2 amide bonds. The SMILES string of the molecule is CC1=C[C@H]2C(=O)N(C(=O)OC(C)(C)C)C[C@H]2[C@@H](c2ccc(Cl)cc2)[C@H]1c1ccc(Cl)cc1. The fraction of sp³-hybridized carbons (Fsp3) is 0.385. The molecule has 0 aromatic heterocycles.